The first kappa shape index (κ1) is 18.9. The Labute approximate surface area is 158 Å². The molecule has 1 aromatic heterocycles. The molecular formula is C20H25N3O4. The van der Waals surface area contributed by atoms with Crippen LogP contribution in [-0.2, 0) is 16.0 Å². The molecule has 7 heteroatoms. The molecule has 0 unspecified atom stereocenters. The molecule has 27 heavy (non-hydrogen) atoms. The summed E-state index contributed by atoms with van der Waals surface area (Å²) in [5, 5.41) is 3.02. The maximum atomic E-state index is 12.2. The number of benzene rings is 1. The molecule has 7 nitrogen and oxygen atoms in total. The van der Waals surface area contributed by atoms with Crippen molar-refractivity contribution in [3.8, 4) is 11.3 Å². The fourth-order valence-corrected chi connectivity index (χ4v) is 3.13. The van der Waals surface area contributed by atoms with E-state index in [1.807, 2.05) is 31.2 Å². The predicted molar refractivity (Wildman–Crippen MR) is 100 cm³/mol. The van der Waals surface area contributed by atoms with Gasteiger partial charge in [0.1, 0.15) is 0 Å². The Morgan fingerprint density at radius 3 is 2.63 bits per heavy atom. The standard InChI is InChI=1S/C20H25N3O4/c1-14-3-5-15(6-4-14)17-13-21-19(27-17)8-7-18(24)22-16-9-11-23(12-10-16)20(25)26-2/h3-6,13,16H,7-12H2,1-2H3,(H,22,24). The number of methoxy groups -OCH3 is 1. The summed E-state index contributed by atoms with van der Waals surface area (Å²) in [4.78, 5) is 29.6. The van der Waals surface area contributed by atoms with Crippen LogP contribution < -0.4 is 5.32 Å². The zero-order valence-corrected chi connectivity index (χ0v) is 15.7. The van der Waals surface area contributed by atoms with Gasteiger partial charge in [-0.1, -0.05) is 29.8 Å². The highest BCUT2D eigenvalue weighted by Crippen LogP contribution is 2.21. The fraction of sp³-hybridized carbons (Fsp3) is 0.450. The van der Waals surface area contributed by atoms with Crippen LogP contribution in [-0.4, -0.2) is 48.1 Å². The highest BCUT2D eigenvalue weighted by Gasteiger charge is 2.24. The summed E-state index contributed by atoms with van der Waals surface area (Å²) in [6.07, 6.45) is 3.63. The summed E-state index contributed by atoms with van der Waals surface area (Å²) in [6, 6.07) is 8.12. The van der Waals surface area contributed by atoms with Crippen LogP contribution in [0.3, 0.4) is 0 Å². The third-order valence-corrected chi connectivity index (χ3v) is 4.75. The van der Waals surface area contributed by atoms with Gasteiger partial charge in [-0.05, 0) is 19.8 Å². The van der Waals surface area contributed by atoms with Crippen molar-refractivity contribution >= 4 is 12.0 Å². The molecule has 0 bridgehead atoms. The zero-order valence-electron chi connectivity index (χ0n) is 15.7. The van der Waals surface area contributed by atoms with Crippen molar-refractivity contribution < 1.29 is 18.7 Å². The highest BCUT2D eigenvalue weighted by atomic mass is 16.5. The second kappa shape index (κ2) is 8.70. The van der Waals surface area contributed by atoms with Gasteiger partial charge < -0.3 is 19.4 Å². The molecule has 0 saturated carbocycles. The minimum atomic E-state index is -0.312. The van der Waals surface area contributed by atoms with Crippen LogP contribution in [0.25, 0.3) is 11.3 Å². The van der Waals surface area contributed by atoms with Crippen LogP contribution in [0.4, 0.5) is 4.79 Å². The monoisotopic (exact) mass is 371 g/mol. The topological polar surface area (TPSA) is 84.7 Å². The normalized spacial score (nSPS) is 14.8. The Morgan fingerprint density at radius 2 is 1.96 bits per heavy atom. The van der Waals surface area contributed by atoms with Crippen molar-refractivity contribution in [2.45, 2.75) is 38.6 Å². The number of nitrogens with zero attached hydrogens (tertiary/aromatic N) is 2. The van der Waals surface area contributed by atoms with Crippen LogP contribution in [0.5, 0.6) is 0 Å². The molecule has 0 atom stereocenters. The Balaban J connectivity index is 1.43. The van der Waals surface area contributed by atoms with Gasteiger partial charge in [0.05, 0.1) is 13.3 Å². The molecular weight excluding hydrogens is 346 g/mol. The van der Waals surface area contributed by atoms with Crippen molar-refractivity contribution in [1.82, 2.24) is 15.2 Å². The van der Waals surface area contributed by atoms with Gasteiger partial charge in [0.2, 0.25) is 5.91 Å². The SMILES string of the molecule is COC(=O)N1CCC(NC(=O)CCc2ncc(-c3ccc(C)cc3)o2)CC1. The summed E-state index contributed by atoms with van der Waals surface area (Å²) in [5.41, 5.74) is 2.16. The zero-order chi connectivity index (χ0) is 19.2. The lowest BCUT2D eigenvalue weighted by atomic mass is 10.1. The lowest BCUT2D eigenvalue weighted by molar-refractivity contribution is -0.122. The maximum Gasteiger partial charge on any atom is 0.409 e. The average Bonchev–Trinajstić information content (AvgIpc) is 3.16. The average molecular weight is 371 g/mol. The molecule has 1 aliphatic rings. The van der Waals surface area contributed by atoms with E-state index in [0.717, 1.165) is 18.4 Å². The van der Waals surface area contributed by atoms with Gasteiger partial charge in [0.25, 0.3) is 0 Å². The summed E-state index contributed by atoms with van der Waals surface area (Å²) < 4.78 is 10.5. The van der Waals surface area contributed by atoms with Crippen LogP contribution in [0.1, 0.15) is 30.7 Å². The molecule has 1 saturated heterocycles. The van der Waals surface area contributed by atoms with Gasteiger partial charge in [-0.25, -0.2) is 9.78 Å². The third-order valence-electron chi connectivity index (χ3n) is 4.75. The summed E-state index contributed by atoms with van der Waals surface area (Å²) in [7, 11) is 1.38. The van der Waals surface area contributed by atoms with Crippen molar-refractivity contribution in [3.05, 3.63) is 41.9 Å². The summed E-state index contributed by atoms with van der Waals surface area (Å²) >= 11 is 0. The molecule has 3 rings (SSSR count). The maximum absolute atomic E-state index is 12.2. The molecule has 1 aromatic carbocycles. The van der Waals surface area contributed by atoms with E-state index >= 15 is 0 Å². The lowest BCUT2D eigenvalue weighted by Crippen LogP contribution is -2.46. The van der Waals surface area contributed by atoms with Crippen LogP contribution in [0.15, 0.2) is 34.9 Å². The largest absolute Gasteiger partial charge is 0.453 e. The van der Waals surface area contributed by atoms with Crippen molar-refractivity contribution in [2.75, 3.05) is 20.2 Å². The molecule has 1 aliphatic heterocycles. The van der Waals surface area contributed by atoms with E-state index in [0.29, 0.717) is 37.6 Å². The van der Waals surface area contributed by atoms with Gasteiger partial charge in [-0.2, -0.15) is 0 Å². The third kappa shape index (κ3) is 5.09. The van der Waals surface area contributed by atoms with E-state index < -0.39 is 0 Å². The molecule has 0 radical (unpaired) electrons. The lowest BCUT2D eigenvalue weighted by Gasteiger charge is -2.31. The molecule has 144 valence electrons. The number of aromatic nitrogens is 1. The van der Waals surface area contributed by atoms with Crippen molar-refractivity contribution in [1.29, 1.82) is 0 Å². The van der Waals surface area contributed by atoms with Gasteiger partial charge >= 0.3 is 6.09 Å². The fourth-order valence-electron chi connectivity index (χ4n) is 3.13. The number of aryl methyl sites for hydroxylation is 2. The van der Waals surface area contributed by atoms with Crippen molar-refractivity contribution in [3.63, 3.8) is 0 Å². The molecule has 2 amide bonds. The number of hydrogen-bond acceptors (Lipinski definition) is 5. The van der Waals surface area contributed by atoms with E-state index in [-0.39, 0.29) is 18.0 Å². The Hall–Kier alpha value is -2.83. The van der Waals surface area contributed by atoms with Crippen LogP contribution in [0.2, 0.25) is 0 Å². The molecule has 1 N–H and O–H groups in total. The number of carbonyl (C=O) groups is 2. The second-order valence-corrected chi connectivity index (χ2v) is 6.78. The first-order chi connectivity index (χ1) is 13.0. The number of rotatable bonds is 5. The summed E-state index contributed by atoms with van der Waals surface area (Å²) in [5.74, 6) is 1.24. The minimum Gasteiger partial charge on any atom is -0.453 e. The van der Waals surface area contributed by atoms with Crippen LogP contribution in [0, 0.1) is 6.92 Å². The number of likely N-dealkylation sites (tertiary alicyclic amines) is 1. The summed E-state index contributed by atoms with van der Waals surface area (Å²) in [6.45, 7) is 3.22. The van der Waals surface area contributed by atoms with Gasteiger partial charge in [0.15, 0.2) is 11.7 Å². The molecule has 2 heterocycles. The van der Waals surface area contributed by atoms with Crippen LogP contribution >= 0.6 is 0 Å². The van der Waals surface area contributed by atoms with Crippen molar-refractivity contribution in [2.24, 2.45) is 0 Å². The van der Waals surface area contributed by atoms with E-state index in [4.69, 9.17) is 9.15 Å². The van der Waals surface area contributed by atoms with Gasteiger partial charge in [0, 0.05) is 37.5 Å². The molecule has 2 aromatic rings. The number of amides is 2. The molecule has 1 fully saturated rings. The second-order valence-electron chi connectivity index (χ2n) is 6.78. The highest BCUT2D eigenvalue weighted by molar-refractivity contribution is 5.76. The van der Waals surface area contributed by atoms with E-state index in [9.17, 15) is 9.59 Å². The van der Waals surface area contributed by atoms with E-state index in [2.05, 4.69) is 10.3 Å². The quantitative estimate of drug-likeness (QED) is 0.873. The molecule has 0 spiro atoms. The first-order valence-corrected chi connectivity index (χ1v) is 9.19. The number of nitrogens with one attached hydrogen (secondary N) is 1. The minimum absolute atomic E-state index is 0.0263. The number of oxazole rings is 1. The predicted octanol–water partition coefficient (Wildman–Crippen LogP) is 2.93. The number of carbonyl (C=O) groups excluding carboxylic acids is 2. The van der Waals surface area contributed by atoms with Gasteiger partial charge in [-0.15, -0.1) is 0 Å². The Morgan fingerprint density at radius 1 is 1.26 bits per heavy atom. The Bertz CT molecular complexity index is 777. The Kier molecular flexibility index (Phi) is 6.11. The number of piperidine rings is 1. The smallest absolute Gasteiger partial charge is 0.409 e. The first-order valence-electron chi connectivity index (χ1n) is 9.19. The van der Waals surface area contributed by atoms with E-state index in [1.165, 1.54) is 12.7 Å². The number of hydrogen-bond donors (Lipinski definition) is 1. The number of ether oxygens (including phenoxy) is 1. The van der Waals surface area contributed by atoms with Gasteiger partial charge in [-0.3, -0.25) is 4.79 Å². The van der Waals surface area contributed by atoms with E-state index in [1.54, 1.807) is 11.1 Å². The molecule has 0 aliphatic carbocycles.